The summed E-state index contributed by atoms with van der Waals surface area (Å²) in [6, 6.07) is 3.18. The second-order valence-electron chi connectivity index (χ2n) is 7.20. The van der Waals surface area contributed by atoms with E-state index in [0.29, 0.717) is 10.7 Å². The zero-order chi connectivity index (χ0) is 23.4. The van der Waals surface area contributed by atoms with E-state index in [1.807, 2.05) is 0 Å². The molecule has 0 saturated carbocycles. The molecule has 1 saturated heterocycles. The van der Waals surface area contributed by atoms with Crippen LogP contribution in [0.1, 0.15) is 49.7 Å². The Labute approximate surface area is 177 Å². The van der Waals surface area contributed by atoms with Gasteiger partial charge in [0.2, 0.25) is 11.8 Å². The Kier molecular flexibility index (Phi) is 4.83. The molecule has 10 nitrogen and oxygen atoms in total. The van der Waals surface area contributed by atoms with Gasteiger partial charge < -0.3 is 5.32 Å². The van der Waals surface area contributed by atoms with Gasteiger partial charge in [0.05, 0.1) is 11.1 Å². The molecule has 1 aromatic carbocycles. The number of alkyl halides is 3. The van der Waals surface area contributed by atoms with Crippen LogP contribution in [0.3, 0.4) is 0 Å². The summed E-state index contributed by atoms with van der Waals surface area (Å²) in [6.45, 7) is 0. The fourth-order valence-corrected chi connectivity index (χ4v) is 3.59. The number of nitrogens with zero attached hydrogens (tertiary/aromatic N) is 3. The maximum absolute atomic E-state index is 12.9. The molecule has 0 radical (unpaired) electrons. The second kappa shape index (κ2) is 7.28. The third-order valence-electron chi connectivity index (χ3n) is 5.10. The Bertz CT molecular complexity index is 1200. The van der Waals surface area contributed by atoms with Gasteiger partial charge in [-0.2, -0.15) is 18.3 Å². The van der Waals surface area contributed by atoms with Crippen molar-refractivity contribution in [3.63, 3.8) is 0 Å². The van der Waals surface area contributed by atoms with Crippen molar-refractivity contribution >= 4 is 35.2 Å². The zero-order valence-corrected chi connectivity index (χ0v) is 16.3. The predicted molar refractivity (Wildman–Crippen MR) is 99.3 cm³/mol. The minimum Gasteiger partial charge on any atom is -0.321 e. The Morgan fingerprint density at radius 2 is 1.81 bits per heavy atom. The molecule has 0 spiro atoms. The number of imide groups is 2. The number of aryl methyl sites for hydroxylation is 1. The average molecular weight is 449 g/mol. The highest BCUT2D eigenvalue weighted by Gasteiger charge is 2.44. The third-order valence-corrected chi connectivity index (χ3v) is 5.10. The van der Waals surface area contributed by atoms with Crippen LogP contribution >= 0.6 is 0 Å². The topological polar surface area (TPSA) is 130 Å². The summed E-state index contributed by atoms with van der Waals surface area (Å²) in [4.78, 5) is 61.9. The van der Waals surface area contributed by atoms with Gasteiger partial charge in [-0.3, -0.25) is 38.9 Å². The van der Waals surface area contributed by atoms with Crippen LogP contribution in [0.25, 0.3) is 0 Å². The zero-order valence-electron chi connectivity index (χ0n) is 16.3. The molecule has 1 aromatic heterocycles. The third kappa shape index (κ3) is 3.50. The number of benzene rings is 1. The molecule has 1 fully saturated rings. The summed E-state index contributed by atoms with van der Waals surface area (Å²) in [6.07, 6.45) is -4.74. The van der Waals surface area contributed by atoms with Crippen molar-refractivity contribution in [3.05, 3.63) is 46.8 Å². The molecule has 2 aliphatic rings. The normalized spacial score (nSPS) is 18.6. The van der Waals surface area contributed by atoms with Gasteiger partial charge >= 0.3 is 6.18 Å². The Morgan fingerprint density at radius 1 is 1.12 bits per heavy atom. The van der Waals surface area contributed by atoms with E-state index in [1.165, 1.54) is 18.2 Å². The van der Waals surface area contributed by atoms with E-state index in [0.717, 1.165) is 11.9 Å². The molecule has 32 heavy (non-hydrogen) atoms. The Morgan fingerprint density at radius 3 is 2.44 bits per heavy atom. The lowest BCUT2D eigenvalue weighted by Gasteiger charge is -2.27. The van der Waals surface area contributed by atoms with Gasteiger partial charge in [0.15, 0.2) is 5.69 Å². The molecular weight excluding hydrogens is 435 g/mol. The number of carbonyl (C=O) groups excluding carboxylic acids is 5. The number of fused-ring (bicyclic) bond motifs is 1. The SMILES string of the molecule is Cn1nc(C(=O)Nc2ccc3c(c2)C(=O)N(C2CCC(=O)NC2=O)C3=O)cc1C(F)(F)F. The van der Waals surface area contributed by atoms with Crippen LogP contribution in [0.15, 0.2) is 24.3 Å². The molecule has 4 rings (SSSR count). The molecule has 2 N–H and O–H groups in total. The van der Waals surface area contributed by atoms with Crippen LogP contribution in [-0.4, -0.2) is 50.3 Å². The fourth-order valence-electron chi connectivity index (χ4n) is 3.59. The van der Waals surface area contributed by atoms with Gasteiger partial charge in [0.1, 0.15) is 11.7 Å². The highest BCUT2D eigenvalue weighted by Crippen LogP contribution is 2.31. The smallest absolute Gasteiger partial charge is 0.321 e. The molecule has 3 heterocycles. The highest BCUT2D eigenvalue weighted by atomic mass is 19.4. The first kappa shape index (κ1) is 21.2. The molecule has 1 unspecified atom stereocenters. The molecule has 13 heteroatoms. The van der Waals surface area contributed by atoms with Gasteiger partial charge in [-0.1, -0.05) is 0 Å². The van der Waals surface area contributed by atoms with Crippen molar-refractivity contribution in [2.75, 3.05) is 5.32 Å². The average Bonchev–Trinajstić information content (AvgIpc) is 3.21. The largest absolute Gasteiger partial charge is 0.433 e. The van der Waals surface area contributed by atoms with Crippen LogP contribution in [-0.2, 0) is 22.8 Å². The number of hydrogen-bond donors (Lipinski definition) is 2. The lowest BCUT2D eigenvalue weighted by Crippen LogP contribution is -2.54. The predicted octanol–water partition coefficient (Wildman–Crippen LogP) is 1.09. The first-order valence-corrected chi connectivity index (χ1v) is 9.25. The number of hydrogen-bond acceptors (Lipinski definition) is 6. The molecule has 2 aliphatic heterocycles. The van der Waals surface area contributed by atoms with Gasteiger partial charge in [-0.15, -0.1) is 0 Å². The number of amides is 5. The van der Waals surface area contributed by atoms with Crippen LogP contribution < -0.4 is 10.6 Å². The van der Waals surface area contributed by atoms with E-state index in [9.17, 15) is 37.1 Å². The minimum atomic E-state index is -4.69. The maximum atomic E-state index is 12.9. The van der Waals surface area contributed by atoms with Crippen molar-refractivity contribution < 1.29 is 37.1 Å². The lowest BCUT2D eigenvalue weighted by atomic mass is 10.0. The van der Waals surface area contributed by atoms with Crippen molar-refractivity contribution in [1.29, 1.82) is 0 Å². The van der Waals surface area contributed by atoms with Gasteiger partial charge in [0, 0.05) is 25.2 Å². The fraction of sp³-hybridized carbons (Fsp3) is 0.263. The first-order chi connectivity index (χ1) is 15.0. The number of piperidine rings is 1. The van der Waals surface area contributed by atoms with Gasteiger partial charge in [0.25, 0.3) is 17.7 Å². The Balaban J connectivity index is 1.56. The number of halogens is 3. The van der Waals surface area contributed by atoms with Crippen molar-refractivity contribution in [2.45, 2.75) is 25.1 Å². The number of anilines is 1. The van der Waals surface area contributed by atoms with E-state index < -0.39 is 53.1 Å². The maximum Gasteiger partial charge on any atom is 0.433 e. The molecule has 0 aliphatic carbocycles. The first-order valence-electron chi connectivity index (χ1n) is 9.25. The number of aromatic nitrogens is 2. The second-order valence-corrected chi connectivity index (χ2v) is 7.20. The van der Waals surface area contributed by atoms with E-state index >= 15 is 0 Å². The number of rotatable bonds is 3. The number of nitrogens with one attached hydrogen (secondary N) is 2. The van der Waals surface area contributed by atoms with E-state index in [-0.39, 0.29) is 29.7 Å². The Hall–Kier alpha value is -4.03. The summed E-state index contributed by atoms with van der Waals surface area (Å²) in [5.41, 5.74) is -1.66. The van der Waals surface area contributed by atoms with Crippen molar-refractivity contribution in [1.82, 2.24) is 20.0 Å². The van der Waals surface area contributed by atoms with Gasteiger partial charge in [-0.05, 0) is 24.6 Å². The van der Waals surface area contributed by atoms with E-state index in [4.69, 9.17) is 0 Å². The molecule has 2 aromatic rings. The van der Waals surface area contributed by atoms with Crippen LogP contribution in [0.5, 0.6) is 0 Å². The molecular formula is C19H14F3N5O5. The highest BCUT2D eigenvalue weighted by molar-refractivity contribution is 6.24. The van der Waals surface area contributed by atoms with Crippen molar-refractivity contribution in [2.24, 2.45) is 7.05 Å². The van der Waals surface area contributed by atoms with E-state index in [2.05, 4.69) is 15.7 Å². The lowest BCUT2D eigenvalue weighted by molar-refractivity contribution is -0.143. The summed E-state index contributed by atoms with van der Waals surface area (Å²) in [5, 5.41) is 7.96. The quantitative estimate of drug-likeness (QED) is 0.675. The van der Waals surface area contributed by atoms with Crippen LogP contribution in [0.2, 0.25) is 0 Å². The molecule has 0 bridgehead atoms. The number of carbonyl (C=O) groups is 5. The van der Waals surface area contributed by atoms with Crippen LogP contribution in [0, 0.1) is 0 Å². The standard InChI is InChI=1S/C19H14F3N5O5/c1-26-13(19(20,21)22)7-11(25-26)15(29)23-8-2-3-9-10(6-8)18(32)27(17(9)31)12-4-5-14(28)24-16(12)30/h2-3,6-7,12H,4-5H2,1H3,(H,23,29)(H,24,28,30). The van der Waals surface area contributed by atoms with Gasteiger partial charge in [-0.25, -0.2) is 0 Å². The van der Waals surface area contributed by atoms with Crippen molar-refractivity contribution in [3.8, 4) is 0 Å². The minimum absolute atomic E-state index is 0.00473. The van der Waals surface area contributed by atoms with Crippen LogP contribution in [0.4, 0.5) is 18.9 Å². The summed E-state index contributed by atoms with van der Waals surface area (Å²) >= 11 is 0. The monoisotopic (exact) mass is 449 g/mol. The van der Waals surface area contributed by atoms with E-state index in [1.54, 1.807) is 0 Å². The molecule has 1 atom stereocenters. The molecule has 166 valence electrons. The summed E-state index contributed by atoms with van der Waals surface area (Å²) in [7, 11) is 1.04. The summed E-state index contributed by atoms with van der Waals surface area (Å²) < 4.78 is 39.2. The summed E-state index contributed by atoms with van der Waals surface area (Å²) in [5.74, 6) is -3.73. The molecule has 5 amide bonds.